The van der Waals surface area contributed by atoms with Gasteiger partial charge in [-0.3, -0.25) is 0 Å². The van der Waals surface area contributed by atoms with E-state index in [1.54, 1.807) is 0 Å². The molecule has 1 rings (SSSR count). The first-order chi connectivity index (χ1) is 5.83. The van der Waals surface area contributed by atoms with Gasteiger partial charge in [0.05, 0.1) is 6.61 Å². The van der Waals surface area contributed by atoms with E-state index in [1.807, 2.05) is 13.1 Å². The van der Waals surface area contributed by atoms with Gasteiger partial charge in [0.2, 0.25) is 0 Å². The molecule has 0 bridgehead atoms. The lowest BCUT2D eigenvalue weighted by atomic mass is 10.4. The standard InChI is InChI=1S/C9H15NO2/c1-2-12-9(11)5-8-10-6-3-4-7-10/h5,8H,2-4,6-7H2,1H3/b8-5+. The Bertz CT molecular complexity index is 171. The monoisotopic (exact) mass is 169 g/mol. The molecule has 0 aliphatic carbocycles. The van der Waals surface area contributed by atoms with Crippen molar-refractivity contribution < 1.29 is 9.53 Å². The average molecular weight is 169 g/mol. The van der Waals surface area contributed by atoms with Crippen molar-refractivity contribution in [1.82, 2.24) is 4.90 Å². The van der Waals surface area contributed by atoms with Gasteiger partial charge in [-0.25, -0.2) is 4.79 Å². The Morgan fingerprint density at radius 2 is 2.17 bits per heavy atom. The van der Waals surface area contributed by atoms with Crippen molar-refractivity contribution in [2.45, 2.75) is 19.8 Å². The SMILES string of the molecule is CCOC(=O)/C=C/N1CCCC1. The minimum atomic E-state index is -0.246. The van der Waals surface area contributed by atoms with Gasteiger partial charge in [-0.15, -0.1) is 0 Å². The van der Waals surface area contributed by atoms with Gasteiger partial charge in [0.25, 0.3) is 0 Å². The molecular weight excluding hydrogens is 154 g/mol. The number of carbonyl (C=O) groups is 1. The Labute approximate surface area is 73.0 Å². The van der Waals surface area contributed by atoms with Crippen molar-refractivity contribution in [2.24, 2.45) is 0 Å². The number of esters is 1. The van der Waals surface area contributed by atoms with E-state index < -0.39 is 0 Å². The second-order valence-corrected chi connectivity index (χ2v) is 2.81. The van der Waals surface area contributed by atoms with E-state index in [2.05, 4.69) is 4.90 Å². The normalized spacial score (nSPS) is 17.2. The van der Waals surface area contributed by atoms with Crippen molar-refractivity contribution >= 4 is 5.97 Å². The molecule has 3 heteroatoms. The van der Waals surface area contributed by atoms with Crippen molar-refractivity contribution in [1.29, 1.82) is 0 Å². The zero-order valence-electron chi connectivity index (χ0n) is 7.45. The van der Waals surface area contributed by atoms with E-state index in [1.165, 1.54) is 18.9 Å². The summed E-state index contributed by atoms with van der Waals surface area (Å²) in [5, 5.41) is 0. The Morgan fingerprint density at radius 3 is 2.75 bits per heavy atom. The zero-order chi connectivity index (χ0) is 8.81. The van der Waals surface area contributed by atoms with Gasteiger partial charge in [-0.2, -0.15) is 0 Å². The molecule has 1 saturated heterocycles. The molecule has 0 saturated carbocycles. The average Bonchev–Trinajstić information content (AvgIpc) is 2.53. The fourth-order valence-electron chi connectivity index (χ4n) is 1.25. The van der Waals surface area contributed by atoms with Crippen LogP contribution in [-0.4, -0.2) is 30.6 Å². The van der Waals surface area contributed by atoms with Gasteiger partial charge in [0.1, 0.15) is 0 Å². The fourth-order valence-corrected chi connectivity index (χ4v) is 1.25. The lowest BCUT2D eigenvalue weighted by Gasteiger charge is -2.09. The lowest BCUT2D eigenvalue weighted by Crippen LogP contribution is -2.11. The van der Waals surface area contributed by atoms with Crippen LogP contribution in [0, 0.1) is 0 Å². The molecule has 12 heavy (non-hydrogen) atoms. The molecule has 0 aromatic heterocycles. The van der Waals surface area contributed by atoms with Gasteiger partial charge in [0.15, 0.2) is 0 Å². The highest BCUT2D eigenvalue weighted by atomic mass is 16.5. The first-order valence-corrected chi connectivity index (χ1v) is 4.42. The second-order valence-electron chi connectivity index (χ2n) is 2.81. The van der Waals surface area contributed by atoms with Gasteiger partial charge in [-0.05, 0) is 19.8 Å². The number of hydrogen-bond donors (Lipinski definition) is 0. The number of likely N-dealkylation sites (tertiary alicyclic amines) is 1. The van der Waals surface area contributed by atoms with Gasteiger partial charge >= 0.3 is 5.97 Å². The number of nitrogens with zero attached hydrogens (tertiary/aromatic N) is 1. The molecule has 0 spiro atoms. The summed E-state index contributed by atoms with van der Waals surface area (Å²) in [6.07, 6.45) is 5.78. The topological polar surface area (TPSA) is 29.5 Å². The van der Waals surface area contributed by atoms with Crippen molar-refractivity contribution in [3.63, 3.8) is 0 Å². The molecule has 0 aromatic carbocycles. The summed E-state index contributed by atoms with van der Waals surface area (Å²) in [5.41, 5.74) is 0. The minimum absolute atomic E-state index is 0.246. The highest BCUT2D eigenvalue weighted by Gasteiger charge is 2.06. The van der Waals surface area contributed by atoms with Gasteiger partial charge < -0.3 is 9.64 Å². The third kappa shape index (κ3) is 2.95. The maximum Gasteiger partial charge on any atom is 0.332 e. The lowest BCUT2D eigenvalue weighted by molar-refractivity contribution is -0.137. The van der Waals surface area contributed by atoms with E-state index in [4.69, 9.17) is 4.74 Å². The number of carbonyl (C=O) groups excluding carboxylic acids is 1. The molecule has 68 valence electrons. The number of hydrogen-bond acceptors (Lipinski definition) is 3. The van der Waals surface area contributed by atoms with Crippen LogP contribution in [-0.2, 0) is 9.53 Å². The van der Waals surface area contributed by atoms with Crippen LogP contribution in [0.2, 0.25) is 0 Å². The summed E-state index contributed by atoms with van der Waals surface area (Å²) in [6.45, 7) is 4.39. The Morgan fingerprint density at radius 1 is 1.50 bits per heavy atom. The molecule has 0 unspecified atom stereocenters. The molecular formula is C9H15NO2. The summed E-state index contributed by atoms with van der Waals surface area (Å²) < 4.78 is 4.75. The third-order valence-electron chi connectivity index (χ3n) is 1.85. The second kappa shape index (κ2) is 4.80. The van der Waals surface area contributed by atoms with Crippen LogP contribution in [0.15, 0.2) is 12.3 Å². The van der Waals surface area contributed by atoms with Gasteiger partial charge in [0, 0.05) is 25.4 Å². The predicted octanol–water partition coefficient (Wildman–Crippen LogP) is 1.16. The Hall–Kier alpha value is -0.990. The Kier molecular flexibility index (Phi) is 3.64. The fraction of sp³-hybridized carbons (Fsp3) is 0.667. The van der Waals surface area contributed by atoms with E-state index in [9.17, 15) is 4.79 Å². The molecule has 0 atom stereocenters. The van der Waals surface area contributed by atoms with Crippen molar-refractivity contribution in [2.75, 3.05) is 19.7 Å². The molecule has 0 amide bonds. The van der Waals surface area contributed by atoms with Gasteiger partial charge in [-0.1, -0.05) is 0 Å². The first kappa shape index (κ1) is 9.10. The molecule has 0 radical (unpaired) electrons. The van der Waals surface area contributed by atoms with Crippen LogP contribution in [0.4, 0.5) is 0 Å². The quantitative estimate of drug-likeness (QED) is 0.469. The first-order valence-electron chi connectivity index (χ1n) is 4.42. The van der Waals surface area contributed by atoms with Crippen LogP contribution < -0.4 is 0 Å². The molecule has 0 aromatic rings. The summed E-state index contributed by atoms with van der Waals surface area (Å²) in [4.78, 5) is 13.0. The van der Waals surface area contributed by atoms with E-state index in [0.29, 0.717) is 6.61 Å². The third-order valence-corrected chi connectivity index (χ3v) is 1.85. The maximum absolute atomic E-state index is 10.9. The number of rotatable bonds is 3. The Balaban J connectivity index is 2.23. The van der Waals surface area contributed by atoms with Crippen LogP contribution in [0.25, 0.3) is 0 Å². The zero-order valence-corrected chi connectivity index (χ0v) is 7.45. The summed E-state index contributed by atoms with van der Waals surface area (Å²) in [7, 11) is 0. The van der Waals surface area contributed by atoms with Crippen LogP contribution in [0.5, 0.6) is 0 Å². The molecule has 1 fully saturated rings. The summed E-state index contributed by atoms with van der Waals surface area (Å²) in [6, 6.07) is 0. The molecule has 1 heterocycles. The van der Waals surface area contributed by atoms with Crippen molar-refractivity contribution in [3.05, 3.63) is 12.3 Å². The molecule has 3 nitrogen and oxygen atoms in total. The van der Waals surface area contributed by atoms with E-state index in [-0.39, 0.29) is 5.97 Å². The highest BCUT2D eigenvalue weighted by Crippen LogP contribution is 2.06. The van der Waals surface area contributed by atoms with E-state index >= 15 is 0 Å². The maximum atomic E-state index is 10.9. The minimum Gasteiger partial charge on any atom is -0.463 e. The summed E-state index contributed by atoms with van der Waals surface area (Å²) >= 11 is 0. The molecule has 0 N–H and O–H groups in total. The van der Waals surface area contributed by atoms with Crippen LogP contribution >= 0.6 is 0 Å². The molecule has 1 aliphatic rings. The van der Waals surface area contributed by atoms with Crippen molar-refractivity contribution in [3.8, 4) is 0 Å². The van der Waals surface area contributed by atoms with E-state index in [0.717, 1.165) is 13.1 Å². The largest absolute Gasteiger partial charge is 0.463 e. The molecule has 1 aliphatic heterocycles. The van der Waals surface area contributed by atoms with Crippen LogP contribution in [0.1, 0.15) is 19.8 Å². The highest BCUT2D eigenvalue weighted by molar-refractivity contribution is 5.81. The smallest absolute Gasteiger partial charge is 0.332 e. The van der Waals surface area contributed by atoms with Crippen LogP contribution in [0.3, 0.4) is 0 Å². The number of ether oxygens (including phenoxy) is 1. The predicted molar refractivity (Wildman–Crippen MR) is 46.6 cm³/mol. The summed E-state index contributed by atoms with van der Waals surface area (Å²) in [5.74, 6) is -0.246.